The maximum absolute atomic E-state index is 12.1. The summed E-state index contributed by atoms with van der Waals surface area (Å²) in [5.74, 6) is 0.320. The second-order valence-electron chi connectivity index (χ2n) is 6.14. The van der Waals surface area contributed by atoms with E-state index in [1.165, 1.54) is 7.11 Å². The summed E-state index contributed by atoms with van der Waals surface area (Å²) in [7, 11) is 1.39. The van der Waals surface area contributed by atoms with E-state index in [1.54, 1.807) is 0 Å². The first kappa shape index (κ1) is 18.9. The van der Waals surface area contributed by atoms with Crippen molar-refractivity contribution in [2.24, 2.45) is 11.8 Å². The topological polar surface area (TPSA) is 67.4 Å². The molecule has 0 aromatic carbocycles. The van der Waals surface area contributed by atoms with Gasteiger partial charge in [-0.2, -0.15) is 0 Å². The SMILES string of the molecule is CCNC(C)(C)C(=O)NC[C@H](CC(=O)OC)CC(C)C. The quantitative estimate of drug-likeness (QED) is 0.633. The second-order valence-corrected chi connectivity index (χ2v) is 6.14. The molecule has 0 radical (unpaired) electrons. The molecule has 2 N–H and O–H groups in total. The Bertz CT molecular complexity index is 314. The summed E-state index contributed by atoms with van der Waals surface area (Å²) in [4.78, 5) is 23.5. The first-order valence-corrected chi connectivity index (χ1v) is 7.33. The molecule has 0 aliphatic rings. The number of likely N-dealkylation sites (N-methyl/N-ethyl adjacent to an activating group) is 1. The summed E-state index contributed by atoms with van der Waals surface area (Å²) >= 11 is 0. The molecular formula is C15H30N2O3. The van der Waals surface area contributed by atoms with Gasteiger partial charge < -0.3 is 15.4 Å². The van der Waals surface area contributed by atoms with Crippen LogP contribution in [0.1, 0.15) is 47.5 Å². The van der Waals surface area contributed by atoms with E-state index in [2.05, 4.69) is 24.5 Å². The standard InChI is InChI=1S/C15H30N2O3/c1-7-17-15(4,5)14(19)16-10-12(8-11(2)3)9-13(18)20-6/h11-12,17H,7-10H2,1-6H3,(H,16,19)/t12-/m0/s1. The van der Waals surface area contributed by atoms with Crippen LogP contribution in [0.15, 0.2) is 0 Å². The predicted molar refractivity (Wildman–Crippen MR) is 80.3 cm³/mol. The van der Waals surface area contributed by atoms with E-state index >= 15 is 0 Å². The largest absolute Gasteiger partial charge is 0.469 e. The molecule has 20 heavy (non-hydrogen) atoms. The molecule has 1 amide bonds. The second kappa shape index (κ2) is 8.95. The first-order chi connectivity index (χ1) is 9.22. The number of ether oxygens (including phenoxy) is 1. The molecule has 0 aromatic heterocycles. The van der Waals surface area contributed by atoms with Gasteiger partial charge >= 0.3 is 5.97 Å². The van der Waals surface area contributed by atoms with Gasteiger partial charge in [-0.15, -0.1) is 0 Å². The van der Waals surface area contributed by atoms with Gasteiger partial charge in [0, 0.05) is 13.0 Å². The smallest absolute Gasteiger partial charge is 0.305 e. The average Bonchev–Trinajstić information content (AvgIpc) is 2.34. The van der Waals surface area contributed by atoms with E-state index in [9.17, 15) is 9.59 Å². The van der Waals surface area contributed by atoms with Gasteiger partial charge in [0.25, 0.3) is 0 Å². The highest BCUT2D eigenvalue weighted by Crippen LogP contribution is 2.15. The van der Waals surface area contributed by atoms with Crippen LogP contribution in [-0.2, 0) is 14.3 Å². The van der Waals surface area contributed by atoms with Crippen molar-refractivity contribution in [1.29, 1.82) is 0 Å². The summed E-state index contributed by atoms with van der Waals surface area (Å²) in [6.07, 6.45) is 1.23. The molecular weight excluding hydrogens is 256 g/mol. The van der Waals surface area contributed by atoms with Gasteiger partial charge in [0.05, 0.1) is 12.6 Å². The van der Waals surface area contributed by atoms with Crippen molar-refractivity contribution >= 4 is 11.9 Å². The molecule has 0 bridgehead atoms. The summed E-state index contributed by atoms with van der Waals surface area (Å²) in [5.41, 5.74) is -0.595. The zero-order chi connectivity index (χ0) is 15.8. The zero-order valence-electron chi connectivity index (χ0n) is 13.7. The van der Waals surface area contributed by atoms with Crippen LogP contribution in [0, 0.1) is 11.8 Å². The third-order valence-electron chi connectivity index (χ3n) is 3.23. The maximum Gasteiger partial charge on any atom is 0.305 e. The third-order valence-corrected chi connectivity index (χ3v) is 3.23. The fraction of sp³-hybridized carbons (Fsp3) is 0.867. The molecule has 0 heterocycles. The van der Waals surface area contributed by atoms with Crippen molar-refractivity contribution in [1.82, 2.24) is 10.6 Å². The maximum atomic E-state index is 12.1. The van der Waals surface area contributed by atoms with Crippen LogP contribution in [0.25, 0.3) is 0 Å². The molecule has 5 nitrogen and oxygen atoms in total. The Hall–Kier alpha value is -1.10. The lowest BCUT2D eigenvalue weighted by Gasteiger charge is -2.26. The lowest BCUT2D eigenvalue weighted by molar-refractivity contribution is -0.142. The summed E-state index contributed by atoms with van der Waals surface area (Å²) in [6.45, 7) is 11.1. The molecule has 0 saturated carbocycles. The fourth-order valence-electron chi connectivity index (χ4n) is 2.20. The number of hydrogen-bond acceptors (Lipinski definition) is 4. The van der Waals surface area contributed by atoms with Crippen molar-refractivity contribution in [2.45, 2.75) is 53.0 Å². The molecule has 0 spiro atoms. The van der Waals surface area contributed by atoms with Crippen LogP contribution >= 0.6 is 0 Å². The van der Waals surface area contributed by atoms with Crippen LogP contribution in [0.3, 0.4) is 0 Å². The summed E-state index contributed by atoms with van der Waals surface area (Å²) in [6, 6.07) is 0. The zero-order valence-corrected chi connectivity index (χ0v) is 13.7. The minimum atomic E-state index is -0.595. The highest BCUT2D eigenvalue weighted by atomic mass is 16.5. The highest BCUT2D eigenvalue weighted by Gasteiger charge is 2.27. The molecule has 1 atom stereocenters. The normalized spacial score (nSPS) is 13.2. The van der Waals surface area contributed by atoms with Gasteiger partial charge in [0.2, 0.25) is 5.91 Å². The molecule has 0 saturated heterocycles. The Kier molecular flexibility index (Phi) is 8.46. The van der Waals surface area contributed by atoms with Crippen molar-refractivity contribution in [3.63, 3.8) is 0 Å². The van der Waals surface area contributed by atoms with E-state index in [0.29, 0.717) is 18.9 Å². The van der Waals surface area contributed by atoms with Crippen LogP contribution in [0.5, 0.6) is 0 Å². The minimum Gasteiger partial charge on any atom is -0.469 e. The molecule has 0 unspecified atom stereocenters. The van der Waals surface area contributed by atoms with E-state index in [4.69, 9.17) is 4.74 Å². The number of carbonyl (C=O) groups is 2. The van der Waals surface area contributed by atoms with Crippen LogP contribution in [0.4, 0.5) is 0 Å². The van der Waals surface area contributed by atoms with Gasteiger partial charge in [-0.3, -0.25) is 9.59 Å². The Labute approximate surface area is 122 Å². The number of methoxy groups -OCH3 is 1. The summed E-state index contributed by atoms with van der Waals surface area (Å²) in [5, 5.41) is 6.07. The highest BCUT2D eigenvalue weighted by molar-refractivity contribution is 5.85. The molecule has 0 fully saturated rings. The minimum absolute atomic E-state index is 0.0435. The lowest BCUT2D eigenvalue weighted by Crippen LogP contribution is -2.53. The van der Waals surface area contributed by atoms with E-state index < -0.39 is 5.54 Å². The van der Waals surface area contributed by atoms with Gasteiger partial charge in [0.15, 0.2) is 0 Å². The van der Waals surface area contributed by atoms with Gasteiger partial charge in [-0.25, -0.2) is 0 Å². The molecule has 118 valence electrons. The number of nitrogens with one attached hydrogen (secondary N) is 2. The van der Waals surface area contributed by atoms with E-state index in [1.807, 2.05) is 20.8 Å². The Morgan fingerprint density at radius 2 is 1.85 bits per heavy atom. The number of hydrogen-bond donors (Lipinski definition) is 2. The Balaban J connectivity index is 4.44. The number of esters is 1. The molecule has 0 rings (SSSR count). The van der Waals surface area contributed by atoms with Crippen molar-refractivity contribution in [2.75, 3.05) is 20.2 Å². The van der Waals surface area contributed by atoms with Crippen molar-refractivity contribution in [3.8, 4) is 0 Å². The lowest BCUT2D eigenvalue weighted by atomic mass is 9.93. The molecule has 0 aliphatic heterocycles. The van der Waals surface area contributed by atoms with Crippen molar-refractivity contribution in [3.05, 3.63) is 0 Å². The van der Waals surface area contributed by atoms with Gasteiger partial charge in [-0.05, 0) is 38.6 Å². The van der Waals surface area contributed by atoms with Crippen LogP contribution in [-0.4, -0.2) is 37.6 Å². The van der Waals surface area contributed by atoms with Crippen molar-refractivity contribution < 1.29 is 14.3 Å². The summed E-state index contributed by atoms with van der Waals surface area (Å²) < 4.78 is 4.71. The first-order valence-electron chi connectivity index (χ1n) is 7.33. The molecule has 5 heteroatoms. The van der Waals surface area contributed by atoms with Crippen LogP contribution < -0.4 is 10.6 Å². The third kappa shape index (κ3) is 7.48. The number of rotatable bonds is 9. The van der Waals surface area contributed by atoms with Gasteiger partial charge in [-0.1, -0.05) is 20.8 Å². The monoisotopic (exact) mass is 286 g/mol. The average molecular weight is 286 g/mol. The van der Waals surface area contributed by atoms with E-state index in [-0.39, 0.29) is 17.8 Å². The van der Waals surface area contributed by atoms with E-state index in [0.717, 1.165) is 13.0 Å². The number of carbonyl (C=O) groups excluding carboxylic acids is 2. The van der Waals surface area contributed by atoms with Crippen LogP contribution in [0.2, 0.25) is 0 Å². The Morgan fingerprint density at radius 3 is 2.30 bits per heavy atom. The fourth-order valence-corrected chi connectivity index (χ4v) is 2.20. The number of amides is 1. The van der Waals surface area contributed by atoms with Gasteiger partial charge in [0.1, 0.15) is 0 Å². The Morgan fingerprint density at radius 1 is 1.25 bits per heavy atom. The molecule has 0 aliphatic carbocycles. The predicted octanol–water partition coefficient (Wildman–Crippen LogP) is 1.72. The molecule has 0 aromatic rings.